The van der Waals surface area contributed by atoms with Gasteiger partial charge in [-0.05, 0) is 24.7 Å². The number of terminal acetylenes is 1. The molecule has 7 nitrogen and oxygen atoms in total. The number of hydrazine groups is 1. The Morgan fingerprint density at radius 3 is 2.52 bits per heavy atom. The van der Waals surface area contributed by atoms with E-state index in [4.69, 9.17) is 11.5 Å². The van der Waals surface area contributed by atoms with E-state index in [1.807, 2.05) is 12.2 Å². The Morgan fingerprint density at radius 1 is 1.32 bits per heavy atom. The largest absolute Gasteiger partial charge is 0.396 e. The van der Waals surface area contributed by atoms with Gasteiger partial charge in [0.2, 0.25) is 17.7 Å². The van der Waals surface area contributed by atoms with Crippen molar-refractivity contribution in [3.8, 4) is 12.3 Å². The van der Waals surface area contributed by atoms with Crippen molar-refractivity contribution < 1.29 is 19.5 Å². The number of nitrogens with zero attached hydrogens (tertiary/aromatic N) is 2. The fourth-order valence-corrected chi connectivity index (χ4v) is 4.15. The second-order valence-electron chi connectivity index (χ2n) is 6.76. The summed E-state index contributed by atoms with van der Waals surface area (Å²) in [6.07, 6.45) is 11.0. The van der Waals surface area contributed by atoms with E-state index in [-0.39, 0.29) is 67.5 Å². The van der Waals surface area contributed by atoms with Crippen LogP contribution in [0.3, 0.4) is 0 Å². The lowest BCUT2D eigenvalue weighted by atomic mass is 9.85. The molecule has 2 fully saturated rings. The molecule has 0 aromatic heterocycles. The Kier molecular flexibility index (Phi) is 5.21. The smallest absolute Gasteiger partial charge is 0.248 e. The monoisotopic (exact) mass is 345 g/mol. The number of aliphatic hydroxyl groups excluding tert-OH is 1. The molecule has 3 amide bonds. The molecule has 7 heteroatoms. The van der Waals surface area contributed by atoms with Crippen molar-refractivity contribution in [2.24, 2.45) is 23.7 Å². The van der Waals surface area contributed by atoms with E-state index >= 15 is 0 Å². The SMILES string of the molecule is C#CCN(CCC(=O)NCCCO)N1C(=O)[C@@H]2[C@H](C1=O)[C@H]1C=C[C@@H]2C1. The molecular formula is C18H23N3O4. The number of fused-ring (bicyclic) bond motifs is 5. The molecule has 1 saturated carbocycles. The summed E-state index contributed by atoms with van der Waals surface area (Å²) < 4.78 is 0. The molecule has 25 heavy (non-hydrogen) atoms. The molecule has 134 valence electrons. The van der Waals surface area contributed by atoms with Gasteiger partial charge in [0.05, 0.1) is 18.4 Å². The maximum absolute atomic E-state index is 12.8. The number of carbonyl (C=O) groups is 3. The molecule has 1 heterocycles. The summed E-state index contributed by atoms with van der Waals surface area (Å²) in [5.41, 5.74) is 0. The molecule has 0 unspecified atom stereocenters. The number of nitrogens with one attached hydrogen (secondary N) is 1. The highest BCUT2D eigenvalue weighted by Crippen LogP contribution is 2.52. The van der Waals surface area contributed by atoms with Gasteiger partial charge in [0, 0.05) is 26.1 Å². The highest BCUT2D eigenvalue weighted by Gasteiger charge is 2.60. The van der Waals surface area contributed by atoms with E-state index < -0.39 is 0 Å². The van der Waals surface area contributed by atoms with Gasteiger partial charge in [0.1, 0.15) is 0 Å². The zero-order chi connectivity index (χ0) is 18.0. The van der Waals surface area contributed by atoms with Crippen LogP contribution in [0.5, 0.6) is 0 Å². The number of hydrogen-bond acceptors (Lipinski definition) is 5. The highest BCUT2D eigenvalue weighted by atomic mass is 16.3. The van der Waals surface area contributed by atoms with Crippen molar-refractivity contribution in [2.75, 3.05) is 26.2 Å². The zero-order valence-corrected chi connectivity index (χ0v) is 14.1. The summed E-state index contributed by atoms with van der Waals surface area (Å²) >= 11 is 0. The number of imide groups is 1. The van der Waals surface area contributed by atoms with Gasteiger partial charge in [-0.2, -0.15) is 5.01 Å². The van der Waals surface area contributed by atoms with Crippen LogP contribution >= 0.6 is 0 Å². The van der Waals surface area contributed by atoms with Crippen molar-refractivity contribution in [2.45, 2.75) is 19.3 Å². The molecule has 3 aliphatic rings. The quantitative estimate of drug-likeness (QED) is 0.269. The number of hydrogen-bond donors (Lipinski definition) is 2. The summed E-state index contributed by atoms with van der Waals surface area (Å²) in [6, 6.07) is 0. The molecular weight excluding hydrogens is 322 g/mol. The lowest BCUT2D eigenvalue weighted by molar-refractivity contribution is -0.159. The maximum Gasteiger partial charge on any atom is 0.248 e. The lowest BCUT2D eigenvalue weighted by Crippen LogP contribution is -2.49. The molecule has 2 bridgehead atoms. The molecule has 4 atom stereocenters. The number of rotatable bonds is 8. The Bertz CT molecular complexity index is 609. The molecule has 3 rings (SSSR count). The zero-order valence-electron chi connectivity index (χ0n) is 14.1. The van der Waals surface area contributed by atoms with Crippen LogP contribution in [0.2, 0.25) is 0 Å². The van der Waals surface area contributed by atoms with E-state index in [0.29, 0.717) is 13.0 Å². The van der Waals surface area contributed by atoms with Gasteiger partial charge in [-0.25, -0.2) is 5.01 Å². The van der Waals surface area contributed by atoms with Gasteiger partial charge in [-0.15, -0.1) is 6.42 Å². The molecule has 1 aliphatic heterocycles. The molecule has 0 radical (unpaired) electrons. The number of aliphatic hydroxyl groups is 1. The van der Waals surface area contributed by atoms with Gasteiger partial charge in [0.25, 0.3) is 0 Å². The van der Waals surface area contributed by atoms with E-state index in [0.717, 1.165) is 6.42 Å². The van der Waals surface area contributed by atoms with Gasteiger partial charge in [-0.1, -0.05) is 18.1 Å². The molecule has 2 aliphatic carbocycles. The first-order valence-electron chi connectivity index (χ1n) is 8.70. The van der Waals surface area contributed by atoms with Gasteiger partial charge in [-0.3, -0.25) is 14.4 Å². The Morgan fingerprint density at radius 2 is 1.96 bits per heavy atom. The van der Waals surface area contributed by atoms with Crippen LogP contribution in [-0.2, 0) is 14.4 Å². The van der Waals surface area contributed by atoms with Crippen molar-refractivity contribution in [1.29, 1.82) is 0 Å². The Hall–Kier alpha value is -2.17. The van der Waals surface area contributed by atoms with E-state index in [9.17, 15) is 14.4 Å². The molecule has 1 saturated heterocycles. The first-order valence-corrected chi connectivity index (χ1v) is 8.70. The molecule has 0 aromatic carbocycles. The van der Waals surface area contributed by atoms with Gasteiger partial charge < -0.3 is 10.4 Å². The highest BCUT2D eigenvalue weighted by molar-refractivity contribution is 6.05. The van der Waals surface area contributed by atoms with E-state index in [2.05, 4.69) is 11.2 Å². The second kappa shape index (κ2) is 7.38. The minimum absolute atomic E-state index is 0.0133. The average molecular weight is 345 g/mol. The first-order chi connectivity index (χ1) is 12.1. The van der Waals surface area contributed by atoms with Crippen LogP contribution in [0.25, 0.3) is 0 Å². The van der Waals surface area contributed by atoms with Crippen molar-refractivity contribution in [1.82, 2.24) is 15.3 Å². The van der Waals surface area contributed by atoms with Crippen LogP contribution in [-0.4, -0.2) is 59.1 Å². The molecule has 0 spiro atoms. The number of amides is 3. The van der Waals surface area contributed by atoms with Gasteiger partial charge in [0.15, 0.2) is 0 Å². The van der Waals surface area contributed by atoms with Crippen molar-refractivity contribution >= 4 is 17.7 Å². The van der Waals surface area contributed by atoms with Crippen LogP contribution in [0, 0.1) is 36.0 Å². The third-order valence-electron chi connectivity index (χ3n) is 5.26. The summed E-state index contributed by atoms with van der Waals surface area (Å²) in [5.74, 6) is 1.62. The summed E-state index contributed by atoms with van der Waals surface area (Å²) in [4.78, 5) is 37.4. The molecule has 0 aromatic rings. The number of carbonyl (C=O) groups excluding carboxylic acids is 3. The minimum Gasteiger partial charge on any atom is -0.396 e. The average Bonchev–Trinajstić information content (AvgIpc) is 3.26. The first kappa shape index (κ1) is 17.6. The third-order valence-corrected chi connectivity index (χ3v) is 5.26. The van der Waals surface area contributed by atoms with Crippen LogP contribution in [0.4, 0.5) is 0 Å². The summed E-state index contributed by atoms with van der Waals surface area (Å²) in [5, 5.41) is 14.1. The second-order valence-corrected chi connectivity index (χ2v) is 6.76. The standard InChI is InChI=1S/C18H23N3O4/c1-2-8-20(9-6-14(23)19-7-3-10-22)21-17(24)15-12-4-5-13(11-12)16(15)18(21)25/h1,4-5,12-13,15-16,22H,3,6-11H2,(H,19,23)/t12-,13+,15+,16-. The third kappa shape index (κ3) is 3.20. The predicted octanol–water partition coefficient (Wildman–Crippen LogP) is -0.468. The van der Waals surface area contributed by atoms with Crippen LogP contribution in [0.1, 0.15) is 19.3 Å². The van der Waals surface area contributed by atoms with Crippen molar-refractivity contribution in [3.05, 3.63) is 12.2 Å². The number of allylic oxidation sites excluding steroid dienone is 2. The predicted molar refractivity (Wildman–Crippen MR) is 89.3 cm³/mol. The van der Waals surface area contributed by atoms with Crippen molar-refractivity contribution in [3.63, 3.8) is 0 Å². The topological polar surface area (TPSA) is 90.0 Å². The van der Waals surface area contributed by atoms with Gasteiger partial charge >= 0.3 is 0 Å². The molecule has 2 N–H and O–H groups in total. The summed E-state index contributed by atoms with van der Waals surface area (Å²) in [7, 11) is 0. The Balaban J connectivity index is 1.63. The summed E-state index contributed by atoms with van der Waals surface area (Å²) in [6.45, 7) is 0.711. The minimum atomic E-state index is -0.277. The normalized spacial score (nSPS) is 29.4. The van der Waals surface area contributed by atoms with E-state index in [1.165, 1.54) is 10.0 Å². The lowest BCUT2D eigenvalue weighted by Gasteiger charge is -2.29. The fraction of sp³-hybridized carbons (Fsp3) is 0.611. The maximum atomic E-state index is 12.8. The van der Waals surface area contributed by atoms with Crippen LogP contribution < -0.4 is 5.32 Å². The Labute approximate surface area is 147 Å². The van der Waals surface area contributed by atoms with E-state index in [1.54, 1.807) is 0 Å². The fourth-order valence-electron chi connectivity index (χ4n) is 4.15. The van der Waals surface area contributed by atoms with Crippen LogP contribution in [0.15, 0.2) is 12.2 Å².